The van der Waals surface area contributed by atoms with Gasteiger partial charge in [0.15, 0.2) is 10.3 Å². The Morgan fingerprint density at radius 3 is 2.74 bits per heavy atom. The Labute approximate surface area is 119 Å². The maximum atomic E-state index is 12.4. The molecule has 1 unspecified atom stereocenters. The van der Waals surface area contributed by atoms with E-state index in [0.717, 1.165) is 12.8 Å². The van der Waals surface area contributed by atoms with Crippen molar-refractivity contribution in [3.05, 3.63) is 21.9 Å². The van der Waals surface area contributed by atoms with Crippen molar-refractivity contribution in [3.8, 4) is 0 Å². The zero-order valence-corrected chi connectivity index (χ0v) is 11.5. The van der Waals surface area contributed by atoms with Crippen molar-refractivity contribution in [2.45, 2.75) is 25.3 Å². The fraction of sp³-hybridized carbons (Fsp3) is 0.455. The van der Waals surface area contributed by atoms with Crippen LogP contribution in [0.25, 0.3) is 0 Å². The number of carbonyl (C=O) groups is 2. The first-order chi connectivity index (χ1) is 9.00. The van der Waals surface area contributed by atoms with Gasteiger partial charge in [-0.3, -0.25) is 9.59 Å². The molecule has 0 saturated carbocycles. The number of nitrogens with two attached hydrogens (primary N) is 1. The number of nitrogens with zero attached hydrogens (tertiary/aromatic N) is 3. The maximum absolute atomic E-state index is 12.4. The van der Waals surface area contributed by atoms with E-state index in [9.17, 15) is 9.59 Å². The Hall–Kier alpha value is -1.40. The number of piperidine rings is 1. The van der Waals surface area contributed by atoms with E-state index in [-0.39, 0.29) is 15.9 Å². The Morgan fingerprint density at radius 2 is 2.05 bits per heavy atom. The lowest BCUT2D eigenvalue weighted by atomic mass is 10.0. The second-order valence-corrected chi connectivity index (χ2v) is 5.03. The molecule has 1 aromatic heterocycles. The lowest BCUT2D eigenvalue weighted by Crippen LogP contribution is -2.50. The van der Waals surface area contributed by atoms with Gasteiger partial charge < -0.3 is 10.6 Å². The van der Waals surface area contributed by atoms with Gasteiger partial charge in [-0.05, 0) is 25.3 Å². The summed E-state index contributed by atoms with van der Waals surface area (Å²) in [5.41, 5.74) is 5.46. The van der Waals surface area contributed by atoms with Gasteiger partial charge in [0.1, 0.15) is 6.04 Å². The monoisotopic (exact) mass is 302 g/mol. The van der Waals surface area contributed by atoms with Gasteiger partial charge in [0.05, 0.1) is 5.56 Å². The molecule has 1 saturated heterocycles. The first-order valence-electron chi connectivity index (χ1n) is 5.79. The van der Waals surface area contributed by atoms with Crippen molar-refractivity contribution in [2.75, 3.05) is 6.54 Å². The molecule has 2 heterocycles. The molecule has 8 heteroatoms. The molecule has 19 heavy (non-hydrogen) atoms. The number of primary amides is 1. The summed E-state index contributed by atoms with van der Waals surface area (Å²) in [5.74, 6) is -0.914. The molecular formula is C11H12Cl2N4O2. The molecule has 6 nitrogen and oxygen atoms in total. The number of likely N-dealkylation sites (tertiary alicyclic amines) is 1. The van der Waals surface area contributed by atoms with E-state index in [4.69, 9.17) is 28.9 Å². The Morgan fingerprint density at radius 1 is 1.32 bits per heavy atom. The van der Waals surface area contributed by atoms with Crippen molar-refractivity contribution in [3.63, 3.8) is 0 Å². The molecule has 2 amide bonds. The number of carbonyl (C=O) groups excluding carboxylic acids is 2. The van der Waals surface area contributed by atoms with Crippen molar-refractivity contribution in [1.29, 1.82) is 0 Å². The largest absolute Gasteiger partial charge is 0.368 e. The Bertz CT molecular complexity index is 523. The lowest BCUT2D eigenvalue weighted by Gasteiger charge is -2.33. The third-order valence-electron chi connectivity index (χ3n) is 3.04. The van der Waals surface area contributed by atoms with E-state index in [1.165, 1.54) is 11.0 Å². The van der Waals surface area contributed by atoms with Crippen LogP contribution in [0.2, 0.25) is 10.3 Å². The molecule has 1 aliphatic heterocycles. The summed E-state index contributed by atoms with van der Waals surface area (Å²) >= 11 is 11.5. The third kappa shape index (κ3) is 2.96. The van der Waals surface area contributed by atoms with E-state index in [1.807, 2.05) is 0 Å². The van der Waals surface area contributed by atoms with Crippen molar-refractivity contribution < 1.29 is 9.59 Å². The average molecular weight is 303 g/mol. The van der Waals surface area contributed by atoms with Crippen LogP contribution in [0, 0.1) is 0 Å². The summed E-state index contributed by atoms with van der Waals surface area (Å²) in [5, 5.41) is 7.16. The van der Waals surface area contributed by atoms with Crippen LogP contribution in [0.15, 0.2) is 6.07 Å². The molecule has 1 aliphatic rings. The van der Waals surface area contributed by atoms with Gasteiger partial charge in [-0.25, -0.2) is 0 Å². The summed E-state index contributed by atoms with van der Waals surface area (Å²) in [4.78, 5) is 25.2. The molecule has 0 aliphatic carbocycles. The van der Waals surface area contributed by atoms with E-state index in [0.29, 0.717) is 13.0 Å². The molecule has 102 valence electrons. The summed E-state index contributed by atoms with van der Waals surface area (Å²) in [6.07, 6.45) is 2.24. The fourth-order valence-corrected chi connectivity index (χ4v) is 2.45. The summed E-state index contributed by atoms with van der Waals surface area (Å²) < 4.78 is 0. The molecule has 1 aromatic rings. The summed E-state index contributed by atoms with van der Waals surface area (Å²) in [6.45, 7) is 0.461. The minimum atomic E-state index is -0.607. The number of rotatable bonds is 2. The standard InChI is InChI=1S/C11H12Cl2N4O2/c12-8-5-6(9(13)16-15-8)11(19)17-4-2-1-3-7(17)10(14)18/h5,7H,1-4H2,(H2,14,18). The highest BCUT2D eigenvalue weighted by molar-refractivity contribution is 6.34. The van der Waals surface area contributed by atoms with E-state index in [2.05, 4.69) is 10.2 Å². The normalized spacial score (nSPS) is 19.3. The van der Waals surface area contributed by atoms with E-state index in [1.54, 1.807) is 0 Å². The molecule has 0 aromatic carbocycles. The molecule has 0 radical (unpaired) electrons. The van der Waals surface area contributed by atoms with Crippen molar-refractivity contribution >= 4 is 35.0 Å². The first kappa shape index (κ1) is 14.0. The number of aromatic nitrogens is 2. The summed E-state index contributed by atoms with van der Waals surface area (Å²) in [7, 11) is 0. The number of amides is 2. The van der Waals surface area contributed by atoms with Crippen LogP contribution in [0.5, 0.6) is 0 Å². The van der Waals surface area contributed by atoms with Gasteiger partial charge >= 0.3 is 0 Å². The molecule has 1 fully saturated rings. The topological polar surface area (TPSA) is 89.2 Å². The predicted molar refractivity (Wildman–Crippen MR) is 69.9 cm³/mol. The van der Waals surface area contributed by atoms with Crippen LogP contribution in [0.4, 0.5) is 0 Å². The second kappa shape index (κ2) is 5.71. The van der Waals surface area contributed by atoms with Crippen LogP contribution in [0.1, 0.15) is 29.6 Å². The van der Waals surface area contributed by atoms with Crippen molar-refractivity contribution in [2.24, 2.45) is 5.73 Å². The van der Waals surface area contributed by atoms with Gasteiger partial charge in [0, 0.05) is 6.54 Å². The zero-order chi connectivity index (χ0) is 14.0. The van der Waals surface area contributed by atoms with Crippen LogP contribution in [0.3, 0.4) is 0 Å². The number of halogens is 2. The smallest absolute Gasteiger partial charge is 0.257 e. The highest BCUT2D eigenvalue weighted by atomic mass is 35.5. The number of hydrogen-bond donors (Lipinski definition) is 1. The molecular weight excluding hydrogens is 291 g/mol. The van der Waals surface area contributed by atoms with Crippen LogP contribution in [-0.2, 0) is 4.79 Å². The SMILES string of the molecule is NC(=O)C1CCCCN1C(=O)c1cc(Cl)nnc1Cl. The van der Waals surface area contributed by atoms with E-state index >= 15 is 0 Å². The van der Waals surface area contributed by atoms with Crippen LogP contribution >= 0.6 is 23.2 Å². The van der Waals surface area contributed by atoms with Crippen LogP contribution in [-0.4, -0.2) is 39.5 Å². The molecule has 2 N–H and O–H groups in total. The Balaban J connectivity index is 2.31. The molecule has 0 spiro atoms. The minimum Gasteiger partial charge on any atom is -0.368 e. The van der Waals surface area contributed by atoms with Gasteiger partial charge in [0.2, 0.25) is 5.91 Å². The molecule has 1 atom stereocenters. The molecule has 2 rings (SSSR count). The first-order valence-corrected chi connectivity index (χ1v) is 6.55. The summed E-state index contributed by atoms with van der Waals surface area (Å²) in [6, 6.07) is 0.732. The van der Waals surface area contributed by atoms with Crippen molar-refractivity contribution in [1.82, 2.24) is 15.1 Å². The number of hydrogen-bond acceptors (Lipinski definition) is 4. The van der Waals surface area contributed by atoms with E-state index < -0.39 is 17.9 Å². The highest BCUT2D eigenvalue weighted by Crippen LogP contribution is 2.23. The van der Waals surface area contributed by atoms with Gasteiger partial charge in [-0.2, -0.15) is 0 Å². The van der Waals surface area contributed by atoms with Gasteiger partial charge in [-0.15, -0.1) is 10.2 Å². The third-order valence-corrected chi connectivity index (χ3v) is 3.51. The Kier molecular flexibility index (Phi) is 4.21. The predicted octanol–water partition coefficient (Wildman–Crippen LogP) is 1.26. The average Bonchev–Trinajstić information content (AvgIpc) is 2.40. The minimum absolute atomic E-state index is 0.0387. The van der Waals surface area contributed by atoms with Gasteiger partial charge in [-0.1, -0.05) is 23.2 Å². The maximum Gasteiger partial charge on any atom is 0.257 e. The fourth-order valence-electron chi connectivity index (χ4n) is 2.13. The van der Waals surface area contributed by atoms with Gasteiger partial charge in [0.25, 0.3) is 5.91 Å². The lowest BCUT2D eigenvalue weighted by molar-refractivity contribution is -0.123. The highest BCUT2D eigenvalue weighted by Gasteiger charge is 2.32. The van der Waals surface area contributed by atoms with Crippen LogP contribution < -0.4 is 5.73 Å². The zero-order valence-electron chi connectivity index (χ0n) is 9.97. The quantitative estimate of drug-likeness (QED) is 0.890. The second-order valence-electron chi connectivity index (χ2n) is 4.28. The molecule has 0 bridgehead atoms.